The average molecular weight is 187 g/mol. The van der Waals surface area contributed by atoms with Gasteiger partial charge in [0.05, 0.1) is 6.10 Å². The quantitative estimate of drug-likeness (QED) is 0.507. The van der Waals surface area contributed by atoms with Crippen molar-refractivity contribution >= 4 is 11.9 Å². The molecule has 74 valence electrons. The smallest absolute Gasteiger partial charge is 0.328 e. The molecule has 0 fully saturated rings. The third kappa shape index (κ3) is 7.02. The molecular formula is C8H13NO4. The maximum atomic E-state index is 10.8. The molecule has 3 N–H and O–H groups in total. The largest absolute Gasteiger partial charge is 0.478 e. The maximum Gasteiger partial charge on any atom is 0.328 e. The Balaban J connectivity index is 3.69. The lowest BCUT2D eigenvalue weighted by molar-refractivity contribution is -0.131. The molecule has 0 spiro atoms. The standard InChI is InChI=1S/C8H13NO4/c1-2-6(10)5-9-7(11)3-4-8(12)13/h3-4,6,10H,2,5H2,1H3,(H,9,11)(H,12,13)/b4-3+. The van der Waals surface area contributed by atoms with Gasteiger partial charge in [0.1, 0.15) is 0 Å². The van der Waals surface area contributed by atoms with Crippen molar-refractivity contribution < 1.29 is 19.8 Å². The number of hydrogen-bond donors (Lipinski definition) is 3. The molecular weight excluding hydrogens is 174 g/mol. The second-order valence-electron chi connectivity index (χ2n) is 2.48. The van der Waals surface area contributed by atoms with Crippen molar-refractivity contribution in [1.82, 2.24) is 5.32 Å². The van der Waals surface area contributed by atoms with E-state index in [1.807, 2.05) is 0 Å². The summed E-state index contributed by atoms with van der Waals surface area (Å²) < 4.78 is 0. The number of aliphatic hydroxyl groups is 1. The number of nitrogens with one attached hydrogen (secondary N) is 1. The molecule has 0 aliphatic heterocycles. The van der Waals surface area contributed by atoms with Crippen LogP contribution in [0.5, 0.6) is 0 Å². The van der Waals surface area contributed by atoms with Gasteiger partial charge in [-0.2, -0.15) is 0 Å². The second kappa shape index (κ2) is 6.19. The van der Waals surface area contributed by atoms with Crippen LogP contribution in [0.3, 0.4) is 0 Å². The first kappa shape index (κ1) is 11.6. The number of hydrogen-bond acceptors (Lipinski definition) is 3. The highest BCUT2D eigenvalue weighted by molar-refractivity contribution is 5.93. The van der Waals surface area contributed by atoms with Crippen molar-refractivity contribution in [2.75, 3.05) is 6.54 Å². The Morgan fingerprint density at radius 3 is 2.54 bits per heavy atom. The fourth-order valence-corrected chi connectivity index (χ4v) is 0.569. The molecule has 0 bridgehead atoms. The summed E-state index contributed by atoms with van der Waals surface area (Å²) in [4.78, 5) is 20.8. The minimum atomic E-state index is -1.17. The molecule has 0 saturated carbocycles. The highest BCUT2D eigenvalue weighted by Gasteiger charge is 2.01. The number of carboxylic acids is 1. The number of carbonyl (C=O) groups is 2. The molecule has 0 saturated heterocycles. The van der Waals surface area contributed by atoms with Crippen LogP contribution in [0.2, 0.25) is 0 Å². The average Bonchev–Trinajstić information content (AvgIpc) is 2.10. The highest BCUT2D eigenvalue weighted by atomic mass is 16.4. The molecule has 0 aromatic rings. The van der Waals surface area contributed by atoms with Crippen molar-refractivity contribution in [2.24, 2.45) is 0 Å². The molecule has 1 amide bonds. The van der Waals surface area contributed by atoms with E-state index in [0.717, 1.165) is 12.2 Å². The maximum absolute atomic E-state index is 10.8. The summed E-state index contributed by atoms with van der Waals surface area (Å²) in [5.41, 5.74) is 0. The van der Waals surface area contributed by atoms with E-state index in [-0.39, 0.29) is 6.54 Å². The van der Waals surface area contributed by atoms with Crippen molar-refractivity contribution in [3.8, 4) is 0 Å². The van der Waals surface area contributed by atoms with Gasteiger partial charge in [-0.1, -0.05) is 6.92 Å². The molecule has 5 nitrogen and oxygen atoms in total. The van der Waals surface area contributed by atoms with Crippen molar-refractivity contribution in [1.29, 1.82) is 0 Å². The molecule has 0 aromatic heterocycles. The first-order valence-corrected chi connectivity index (χ1v) is 3.93. The zero-order valence-electron chi connectivity index (χ0n) is 7.36. The molecule has 0 heterocycles. The summed E-state index contributed by atoms with van der Waals surface area (Å²) in [5, 5.41) is 19.5. The van der Waals surface area contributed by atoms with E-state index in [9.17, 15) is 9.59 Å². The molecule has 1 atom stereocenters. The number of aliphatic carboxylic acids is 1. The summed E-state index contributed by atoms with van der Waals surface area (Å²) in [5.74, 6) is -1.69. The zero-order valence-corrected chi connectivity index (χ0v) is 7.36. The second-order valence-corrected chi connectivity index (χ2v) is 2.48. The van der Waals surface area contributed by atoms with Gasteiger partial charge >= 0.3 is 5.97 Å². The number of carboxylic acid groups (broad SMARTS) is 1. The Hall–Kier alpha value is -1.36. The lowest BCUT2D eigenvalue weighted by Crippen LogP contribution is -2.30. The minimum Gasteiger partial charge on any atom is -0.478 e. The van der Waals surface area contributed by atoms with E-state index in [1.54, 1.807) is 6.92 Å². The fourth-order valence-electron chi connectivity index (χ4n) is 0.569. The predicted octanol–water partition coefficient (Wildman–Crippen LogP) is -0.486. The van der Waals surface area contributed by atoms with Gasteiger partial charge in [-0.3, -0.25) is 4.79 Å². The van der Waals surface area contributed by atoms with Gasteiger partial charge in [-0.25, -0.2) is 4.79 Å². The third-order valence-corrected chi connectivity index (χ3v) is 1.36. The Morgan fingerprint density at radius 2 is 2.08 bits per heavy atom. The molecule has 0 aromatic carbocycles. The summed E-state index contributed by atoms with van der Waals surface area (Å²) in [6, 6.07) is 0. The highest BCUT2D eigenvalue weighted by Crippen LogP contribution is 1.86. The first-order valence-electron chi connectivity index (χ1n) is 3.93. The Kier molecular flexibility index (Phi) is 5.54. The van der Waals surface area contributed by atoms with Gasteiger partial charge in [0.15, 0.2) is 0 Å². The van der Waals surface area contributed by atoms with E-state index < -0.39 is 18.0 Å². The van der Waals surface area contributed by atoms with Crippen LogP contribution in [0.25, 0.3) is 0 Å². The molecule has 0 rings (SSSR count). The van der Waals surface area contributed by atoms with Crippen LogP contribution in [0.1, 0.15) is 13.3 Å². The summed E-state index contributed by atoms with van der Waals surface area (Å²) >= 11 is 0. The molecule has 5 heteroatoms. The predicted molar refractivity (Wildman–Crippen MR) is 46.1 cm³/mol. The molecule has 13 heavy (non-hydrogen) atoms. The van der Waals surface area contributed by atoms with E-state index >= 15 is 0 Å². The lowest BCUT2D eigenvalue weighted by Gasteiger charge is -2.06. The zero-order chi connectivity index (χ0) is 10.3. The van der Waals surface area contributed by atoms with E-state index in [4.69, 9.17) is 10.2 Å². The van der Waals surface area contributed by atoms with Crippen LogP contribution in [-0.2, 0) is 9.59 Å². The molecule has 0 aliphatic carbocycles. The van der Waals surface area contributed by atoms with Crippen molar-refractivity contribution in [3.63, 3.8) is 0 Å². The van der Waals surface area contributed by atoms with Crippen LogP contribution >= 0.6 is 0 Å². The lowest BCUT2D eigenvalue weighted by atomic mass is 10.3. The molecule has 0 radical (unpaired) electrons. The van der Waals surface area contributed by atoms with E-state index in [1.165, 1.54) is 0 Å². The summed E-state index contributed by atoms with van der Waals surface area (Å²) in [6.07, 6.45) is 1.61. The number of rotatable bonds is 5. The van der Waals surface area contributed by atoms with Crippen molar-refractivity contribution in [2.45, 2.75) is 19.4 Å². The van der Waals surface area contributed by atoms with Gasteiger partial charge in [0, 0.05) is 18.7 Å². The van der Waals surface area contributed by atoms with Crippen molar-refractivity contribution in [3.05, 3.63) is 12.2 Å². The van der Waals surface area contributed by atoms with E-state index in [2.05, 4.69) is 5.32 Å². The fraction of sp³-hybridized carbons (Fsp3) is 0.500. The topological polar surface area (TPSA) is 86.6 Å². The minimum absolute atomic E-state index is 0.138. The van der Waals surface area contributed by atoms with E-state index in [0.29, 0.717) is 6.42 Å². The summed E-state index contributed by atoms with van der Waals surface area (Å²) in [6.45, 7) is 1.92. The Labute approximate surface area is 76.1 Å². The van der Waals surface area contributed by atoms with Gasteiger partial charge in [0.25, 0.3) is 0 Å². The Bertz CT molecular complexity index is 212. The van der Waals surface area contributed by atoms with Gasteiger partial charge < -0.3 is 15.5 Å². The summed E-state index contributed by atoms with van der Waals surface area (Å²) in [7, 11) is 0. The third-order valence-electron chi connectivity index (χ3n) is 1.36. The molecule has 0 aliphatic rings. The normalized spacial score (nSPS) is 12.8. The van der Waals surface area contributed by atoms with Crippen LogP contribution in [0.4, 0.5) is 0 Å². The number of carbonyl (C=O) groups excluding carboxylic acids is 1. The van der Waals surface area contributed by atoms with Gasteiger partial charge in [-0.15, -0.1) is 0 Å². The van der Waals surface area contributed by atoms with Crippen LogP contribution < -0.4 is 5.32 Å². The number of amides is 1. The first-order chi connectivity index (χ1) is 6.06. The van der Waals surface area contributed by atoms with Gasteiger partial charge in [-0.05, 0) is 6.42 Å². The monoisotopic (exact) mass is 187 g/mol. The number of aliphatic hydroxyl groups excluding tert-OH is 1. The SMILES string of the molecule is CCC(O)CNC(=O)/C=C/C(=O)O. The van der Waals surface area contributed by atoms with Crippen LogP contribution in [0.15, 0.2) is 12.2 Å². The van der Waals surface area contributed by atoms with Gasteiger partial charge in [0.2, 0.25) is 5.91 Å². The Morgan fingerprint density at radius 1 is 1.46 bits per heavy atom. The van der Waals surface area contributed by atoms with Crippen LogP contribution in [-0.4, -0.2) is 34.7 Å². The van der Waals surface area contributed by atoms with Crippen LogP contribution in [0, 0.1) is 0 Å². The molecule has 1 unspecified atom stereocenters.